The van der Waals surface area contributed by atoms with E-state index in [1.165, 1.54) is 18.6 Å². The molecule has 1 saturated carbocycles. The molecular formula is C33H42F3N3O3. The first kappa shape index (κ1) is 30.5. The van der Waals surface area contributed by atoms with Gasteiger partial charge in [-0.25, -0.2) is 13.2 Å². The van der Waals surface area contributed by atoms with Crippen LogP contribution >= 0.6 is 0 Å². The van der Waals surface area contributed by atoms with Gasteiger partial charge in [0, 0.05) is 38.5 Å². The minimum Gasteiger partial charge on any atom is -0.480 e. The largest absolute Gasteiger partial charge is 0.480 e. The van der Waals surface area contributed by atoms with Crippen molar-refractivity contribution in [3.63, 3.8) is 0 Å². The van der Waals surface area contributed by atoms with E-state index < -0.39 is 23.6 Å². The number of likely N-dealkylation sites (tertiary alicyclic amines) is 2. The van der Waals surface area contributed by atoms with E-state index >= 15 is 0 Å². The Morgan fingerprint density at radius 2 is 1.69 bits per heavy atom. The summed E-state index contributed by atoms with van der Waals surface area (Å²) in [6, 6.07) is 9.88. The third-order valence-electron chi connectivity index (χ3n) is 9.64. The summed E-state index contributed by atoms with van der Waals surface area (Å²) in [7, 11) is 0. The van der Waals surface area contributed by atoms with Gasteiger partial charge in [0.05, 0.1) is 0 Å². The highest BCUT2D eigenvalue weighted by molar-refractivity contribution is 5.76. The molecule has 0 radical (unpaired) electrons. The molecule has 2 N–H and O–H groups in total. The van der Waals surface area contributed by atoms with Gasteiger partial charge in [-0.2, -0.15) is 0 Å². The third kappa shape index (κ3) is 7.72. The van der Waals surface area contributed by atoms with E-state index in [0.717, 1.165) is 75.9 Å². The molecule has 2 aromatic carbocycles. The number of hydrogen-bond donors (Lipinski definition) is 2. The lowest BCUT2D eigenvalue weighted by Gasteiger charge is -2.35. The summed E-state index contributed by atoms with van der Waals surface area (Å²) in [5.41, 5.74) is 1.45. The lowest BCUT2D eigenvalue weighted by molar-refractivity contribution is -0.145. The number of halogens is 3. The number of carbonyl (C=O) groups is 2. The summed E-state index contributed by atoms with van der Waals surface area (Å²) in [5, 5.41) is 13.1. The standard InChI is InChI=1S/C33H42F3N3O3/c34-27-8-4-7-25(17-27)28-21-39(32(33(41)42)24-5-2-1-3-6-24)20-26(28)19-38-13-11-22(12-14-38)16-31(40)37-18-23-9-10-29(35)30(36)15-23/h4,7-10,15,17,22,24,26,28,32H,1-3,5-6,11-14,16,18-21H2,(H,37,40)(H,41,42)/t26-,28+,32+/m0/s1. The Hall–Kier alpha value is -2.91. The number of rotatable bonds is 10. The number of aliphatic carboxylic acids is 1. The number of piperidine rings is 1. The van der Waals surface area contributed by atoms with Crippen molar-refractivity contribution in [2.45, 2.75) is 69.9 Å². The van der Waals surface area contributed by atoms with Crippen LogP contribution in [-0.2, 0) is 16.1 Å². The number of nitrogens with zero attached hydrogens (tertiary/aromatic N) is 2. The summed E-state index contributed by atoms with van der Waals surface area (Å²) in [6.45, 7) is 3.96. The second-order valence-electron chi connectivity index (χ2n) is 12.5. The predicted molar refractivity (Wildman–Crippen MR) is 154 cm³/mol. The van der Waals surface area contributed by atoms with Crippen LogP contribution in [0.4, 0.5) is 13.2 Å². The first-order chi connectivity index (χ1) is 20.3. The van der Waals surface area contributed by atoms with Crippen LogP contribution in [0.25, 0.3) is 0 Å². The smallest absolute Gasteiger partial charge is 0.321 e. The molecule has 2 saturated heterocycles. The number of nitrogens with one attached hydrogen (secondary N) is 1. The second-order valence-corrected chi connectivity index (χ2v) is 12.5. The van der Waals surface area contributed by atoms with Gasteiger partial charge in [0.2, 0.25) is 5.91 Å². The molecule has 0 aromatic heterocycles. The van der Waals surface area contributed by atoms with Crippen LogP contribution in [-0.4, -0.2) is 65.5 Å². The average Bonchev–Trinajstić information content (AvgIpc) is 3.38. The summed E-state index contributed by atoms with van der Waals surface area (Å²) >= 11 is 0. The van der Waals surface area contributed by atoms with Gasteiger partial charge in [0.25, 0.3) is 0 Å². The van der Waals surface area contributed by atoms with E-state index in [4.69, 9.17) is 0 Å². The maximum absolute atomic E-state index is 14.2. The Labute approximate surface area is 246 Å². The van der Waals surface area contributed by atoms with Gasteiger partial charge in [-0.05, 0) is 91.9 Å². The maximum Gasteiger partial charge on any atom is 0.321 e. The van der Waals surface area contributed by atoms with E-state index in [1.54, 1.807) is 12.1 Å². The lowest BCUT2D eigenvalue weighted by atomic mass is 9.83. The van der Waals surface area contributed by atoms with Gasteiger partial charge in [0.1, 0.15) is 11.9 Å². The Bertz CT molecular complexity index is 1230. The van der Waals surface area contributed by atoms with Gasteiger partial charge < -0.3 is 15.3 Å². The van der Waals surface area contributed by atoms with Crippen LogP contribution in [0.3, 0.4) is 0 Å². The molecule has 2 aromatic rings. The maximum atomic E-state index is 14.2. The highest BCUT2D eigenvalue weighted by Gasteiger charge is 2.43. The van der Waals surface area contributed by atoms with E-state index in [1.807, 2.05) is 6.07 Å². The Morgan fingerprint density at radius 1 is 0.929 bits per heavy atom. The second kappa shape index (κ2) is 14.0. The fourth-order valence-electron chi connectivity index (χ4n) is 7.43. The van der Waals surface area contributed by atoms with Crippen molar-refractivity contribution in [2.24, 2.45) is 17.8 Å². The van der Waals surface area contributed by atoms with Crippen molar-refractivity contribution in [1.82, 2.24) is 15.1 Å². The molecule has 42 heavy (non-hydrogen) atoms. The summed E-state index contributed by atoms with van der Waals surface area (Å²) in [4.78, 5) is 29.6. The molecule has 9 heteroatoms. The van der Waals surface area contributed by atoms with Gasteiger partial charge in [0.15, 0.2) is 11.6 Å². The quantitative estimate of drug-likeness (QED) is 0.382. The minimum absolute atomic E-state index is 0.0611. The Balaban J connectivity index is 1.17. The molecule has 1 amide bonds. The highest BCUT2D eigenvalue weighted by Crippen LogP contribution is 2.39. The Morgan fingerprint density at radius 3 is 2.38 bits per heavy atom. The number of amides is 1. The van der Waals surface area contributed by atoms with Crippen molar-refractivity contribution in [3.05, 3.63) is 71.0 Å². The van der Waals surface area contributed by atoms with Crippen LogP contribution in [0.5, 0.6) is 0 Å². The summed E-state index contributed by atoms with van der Waals surface area (Å²) in [6.07, 6.45) is 7.37. The molecular weight excluding hydrogens is 543 g/mol. The molecule has 3 fully saturated rings. The van der Waals surface area contributed by atoms with Crippen molar-refractivity contribution in [1.29, 1.82) is 0 Å². The van der Waals surface area contributed by atoms with Crippen molar-refractivity contribution in [3.8, 4) is 0 Å². The average molecular weight is 586 g/mol. The highest BCUT2D eigenvalue weighted by atomic mass is 19.2. The first-order valence-electron chi connectivity index (χ1n) is 15.4. The zero-order valence-corrected chi connectivity index (χ0v) is 24.1. The minimum atomic E-state index is -0.924. The van der Waals surface area contributed by atoms with Crippen LogP contribution in [0.2, 0.25) is 0 Å². The SMILES string of the molecule is O=C(CC1CCN(C[C@H]2CN([C@@H](C(=O)O)C3CCCCC3)C[C@@H]2c2cccc(F)c2)CC1)NCc1ccc(F)c(F)c1. The molecule has 3 aliphatic rings. The molecule has 228 valence electrons. The van der Waals surface area contributed by atoms with Crippen molar-refractivity contribution < 1.29 is 27.9 Å². The van der Waals surface area contributed by atoms with Crippen LogP contribution in [0, 0.1) is 35.2 Å². The third-order valence-corrected chi connectivity index (χ3v) is 9.64. The molecule has 6 nitrogen and oxygen atoms in total. The fourth-order valence-corrected chi connectivity index (χ4v) is 7.43. The summed E-state index contributed by atoms with van der Waals surface area (Å²) < 4.78 is 40.8. The Kier molecular flexibility index (Phi) is 10.2. The molecule has 2 aliphatic heterocycles. The van der Waals surface area contributed by atoms with E-state index in [9.17, 15) is 27.9 Å². The zero-order chi connectivity index (χ0) is 29.6. The fraction of sp³-hybridized carbons (Fsp3) is 0.576. The van der Waals surface area contributed by atoms with E-state index in [0.29, 0.717) is 25.1 Å². The molecule has 0 unspecified atom stereocenters. The summed E-state index contributed by atoms with van der Waals surface area (Å²) in [5.74, 6) is -2.29. The number of carboxylic acid groups (broad SMARTS) is 1. The molecule has 2 heterocycles. The van der Waals surface area contributed by atoms with E-state index in [-0.39, 0.29) is 41.9 Å². The first-order valence-corrected chi connectivity index (χ1v) is 15.4. The molecule has 5 rings (SSSR count). The monoisotopic (exact) mass is 585 g/mol. The number of carboxylic acids is 1. The van der Waals surface area contributed by atoms with Gasteiger partial charge >= 0.3 is 5.97 Å². The topological polar surface area (TPSA) is 72.9 Å². The van der Waals surface area contributed by atoms with Crippen LogP contribution in [0.1, 0.15) is 68.4 Å². The molecule has 0 bridgehead atoms. The number of hydrogen-bond acceptors (Lipinski definition) is 4. The van der Waals surface area contributed by atoms with Crippen molar-refractivity contribution in [2.75, 3.05) is 32.7 Å². The lowest BCUT2D eigenvalue weighted by Crippen LogP contribution is -2.46. The van der Waals surface area contributed by atoms with E-state index in [2.05, 4.69) is 15.1 Å². The van der Waals surface area contributed by atoms with Crippen LogP contribution in [0.15, 0.2) is 42.5 Å². The normalized spacial score (nSPS) is 23.6. The number of carbonyl (C=O) groups excluding carboxylic acids is 1. The van der Waals surface area contributed by atoms with Gasteiger partial charge in [-0.1, -0.05) is 37.5 Å². The zero-order valence-electron chi connectivity index (χ0n) is 24.1. The van der Waals surface area contributed by atoms with Crippen molar-refractivity contribution >= 4 is 11.9 Å². The van der Waals surface area contributed by atoms with Crippen LogP contribution < -0.4 is 5.32 Å². The molecule has 0 spiro atoms. The number of benzene rings is 2. The molecule has 1 aliphatic carbocycles. The predicted octanol–water partition coefficient (Wildman–Crippen LogP) is 5.57. The van der Waals surface area contributed by atoms with Gasteiger partial charge in [-0.3, -0.25) is 14.5 Å². The van der Waals surface area contributed by atoms with Gasteiger partial charge in [-0.15, -0.1) is 0 Å². The molecule has 3 atom stereocenters.